The molecule has 134 valence electrons. The number of nitrogens with zero attached hydrogens (tertiary/aromatic N) is 2. The van der Waals surface area contributed by atoms with Gasteiger partial charge >= 0.3 is 0 Å². The molecule has 0 aliphatic carbocycles. The first kappa shape index (κ1) is 18.6. The Hall–Kier alpha value is -3.23. The van der Waals surface area contributed by atoms with Crippen LogP contribution in [0.15, 0.2) is 60.8 Å². The van der Waals surface area contributed by atoms with Crippen LogP contribution in [-0.4, -0.2) is 10.9 Å². The van der Waals surface area contributed by atoms with Gasteiger partial charge in [-0.05, 0) is 42.8 Å². The smallest absolute Gasteiger partial charge is 0.252 e. The number of benzene rings is 2. The van der Waals surface area contributed by atoms with Crippen molar-refractivity contribution >= 4 is 17.5 Å². The lowest BCUT2D eigenvalue weighted by molar-refractivity contribution is 0.0942. The number of aryl methyl sites for hydroxylation is 1. The average molecular weight is 380 g/mol. The maximum absolute atomic E-state index is 13.9. The third-order valence-electron chi connectivity index (χ3n) is 4.08. The Labute approximate surface area is 161 Å². The van der Waals surface area contributed by atoms with Gasteiger partial charge in [-0.3, -0.25) is 9.78 Å². The number of carbonyl (C=O) groups excluding carboxylic acids is 1. The molecule has 6 heteroatoms. The predicted molar refractivity (Wildman–Crippen MR) is 101 cm³/mol. The van der Waals surface area contributed by atoms with Crippen molar-refractivity contribution in [3.8, 4) is 6.07 Å². The van der Waals surface area contributed by atoms with E-state index in [-0.39, 0.29) is 11.1 Å². The van der Waals surface area contributed by atoms with E-state index in [1.165, 1.54) is 18.3 Å². The third kappa shape index (κ3) is 4.30. The summed E-state index contributed by atoms with van der Waals surface area (Å²) in [5, 5.41) is 12.2. The summed E-state index contributed by atoms with van der Waals surface area (Å²) in [4.78, 5) is 17.0. The van der Waals surface area contributed by atoms with Gasteiger partial charge in [0.2, 0.25) is 0 Å². The largest absolute Gasteiger partial charge is 0.340 e. The van der Waals surface area contributed by atoms with Gasteiger partial charge in [-0.25, -0.2) is 4.39 Å². The second-order valence-electron chi connectivity index (χ2n) is 6.02. The summed E-state index contributed by atoms with van der Waals surface area (Å²) in [6, 6.07) is 16.0. The lowest BCUT2D eigenvalue weighted by Crippen LogP contribution is -2.30. The van der Waals surface area contributed by atoms with Gasteiger partial charge < -0.3 is 5.32 Å². The highest BCUT2D eigenvalue weighted by Gasteiger charge is 2.20. The number of nitriles is 1. The highest BCUT2D eigenvalue weighted by molar-refractivity contribution is 6.30. The van der Waals surface area contributed by atoms with E-state index < -0.39 is 17.8 Å². The second kappa shape index (κ2) is 7.98. The van der Waals surface area contributed by atoms with Crippen molar-refractivity contribution in [3.05, 3.63) is 99.6 Å². The van der Waals surface area contributed by atoms with Crippen molar-refractivity contribution in [2.75, 3.05) is 0 Å². The molecule has 0 fully saturated rings. The fourth-order valence-corrected chi connectivity index (χ4v) is 2.72. The normalized spacial score (nSPS) is 11.5. The van der Waals surface area contributed by atoms with E-state index >= 15 is 0 Å². The highest BCUT2D eigenvalue weighted by Crippen LogP contribution is 2.23. The van der Waals surface area contributed by atoms with Crippen LogP contribution in [0.3, 0.4) is 0 Å². The molecule has 3 rings (SSSR count). The molecule has 0 unspecified atom stereocenters. The molecule has 0 aliphatic rings. The van der Waals surface area contributed by atoms with Crippen LogP contribution in [0.2, 0.25) is 5.02 Å². The van der Waals surface area contributed by atoms with E-state index in [0.29, 0.717) is 10.7 Å². The zero-order chi connectivity index (χ0) is 19.4. The fraction of sp³-hybridized carbons (Fsp3) is 0.0952. The number of hydrogen-bond acceptors (Lipinski definition) is 3. The summed E-state index contributed by atoms with van der Waals surface area (Å²) >= 11 is 5.91. The zero-order valence-electron chi connectivity index (χ0n) is 14.4. The molecule has 3 aromatic rings. The molecule has 27 heavy (non-hydrogen) atoms. The van der Waals surface area contributed by atoms with E-state index in [1.54, 1.807) is 18.2 Å². The Morgan fingerprint density at radius 3 is 2.52 bits per heavy atom. The Bertz CT molecular complexity index is 966. The molecule has 4 nitrogen and oxygen atoms in total. The van der Waals surface area contributed by atoms with Crippen molar-refractivity contribution in [2.45, 2.75) is 13.0 Å². The quantitative estimate of drug-likeness (QED) is 0.721. The number of hydrogen-bond donors (Lipinski definition) is 1. The van der Waals surface area contributed by atoms with Crippen molar-refractivity contribution in [1.82, 2.24) is 10.3 Å². The van der Waals surface area contributed by atoms with Crippen LogP contribution in [0.1, 0.15) is 38.8 Å². The molecule has 1 atom stereocenters. The number of aromatic nitrogens is 1. The molecule has 2 aromatic carbocycles. The summed E-state index contributed by atoms with van der Waals surface area (Å²) in [7, 11) is 0. The van der Waals surface area contributed by atoms with Crippen LogP contribution in [0.5, 0.6) is 0 Å². The first-order valence-electron chi connectivity index (χ1n) is 8.16. The third-order valence-corrected chi connectivity index (χ3v) is 4.31. The van der Waals surface area contributed by atoms with Crippen molar-refractivity contribution in [1.29, 1.82) is 5.26 Å². The molecular formula is C21H15ClFN3O. The van der Waals surface area contributed by atoms with E-state index in [1.807, 2.05) is 31.2 Å². The van der Waals surface area contributed by atoms with Gasteiger partial charge in [-0.2, -0.15) is 5.26 Å². The van der Waals surface area contributed by atoms with Gasteiger partial charge in [0.05, 0.1) is 22.3 Å². The average Bonchev–Trinajstić information content (AvgIpc) is 2.67. The predicted octanol–water partition coefficient (Wildman–Crippen LogP) is 4.57. The zero-order valence-corrected chi connectivity index (χ0v) is 15.2. The van der Waals surface area contributed by atoms with Gasteiger partial charge in [-0.15, -0.1) is 0 Å². The summed E-state index contributed by atoms with van der Waals surface area (Å²) in [5.74, 6) is -1.21. The lowest BCUT2D eigenvalue weighted by Gasteiger charge is -2.19. The standard InChI is InChI=1S/C21H15ClFN3O/c1-13-2-4-14(5-3-13)20(19-9-8-17(22)12-25-19)26-21(27)15-6-7-16(11-24)18(23)10-15/h2-10,12,20H,1H3,(H,26,27)/t20-/m0/s1. The van der Waals surface area contributed by atoms with Crippen LogP contribution < -0.4 is 5.32 Å². The Morgan fingerprint density at radius 1 is 1.19 bits per heavy atom. The molecular weight excluding hydrogens is 365 g/mol. The molecule has 0 saturated heterocycles. The van der Waals surface area contributed by atoms with E-state index in [0.717, 1.165) is 17.2 Å². The molecule has 1 amide bonds. The molecule has 1 N–H and O–H groups in total. The lowest BCUT2D eigenvalue weighted by atomic mass is 10.0. The molecule has 0 spiro atoms. The topological polar surface area (TPSA) is 65.8 Å². The van der Waals surface area contributed by atoms with Crippen LogP contribution in [0.4, 0.5) is 4.39 Å². The van der Waals surface area contributed by atoms with Crippen LogP contribution in [-0.2, 0) is 0 Å². The Morgan fingerprint density at radius 2 is 1.93 bits per heavy atom. The molecule has 0 saturated carbocycles. The van der Waals surface area contributed by atoms with Crippen molar-refractivity contribution in [3.63, 3.8) is 0 Å². The van der Waals surface area contributed by atoms with Crippen molar-refractivity contribution < 1.29 is 9.18 Å². The minimum atomic E-state index is -0.735. The van der Waals surface area contributed by atoms with E-state index in [9.17, 15) is 9.18 Å². The summed E-state index contributed by atoms with van der Waals surface area (Å²) in [5.41, 5.74) is 2.53. The maximum Gasteiger partial charge on any atom is 0.252 e. The number of nitrogens with one attached hydrogen (secondary N) is 1. The molecule has 1 heterocycles. The van der Waals surface area contributed by atoms with Gasteiger partial charge in [-0.1, -0.05) is 41.4 Å². The Kier molecular flexibility index (Phi) is 5.49. The number of carbonyl (C=O) groups is 1. The minimum absolute atomic E-state index is 0.110. The first-order chi connectivity index (χ1) is 13.0. The number of halogens is 2. The number of rotatable bonds is 4. The Balaban J connectivity index is 1.94. The molecule has 0 radical (unpaired) electrons. The molecule has 1 aromatic heterocycles. The molecule has 0 bridgehead atoms. The van der Waals surface area contributed by atoms with Crippen LogP contribution in [0.25, 0.3) is 0 Å². The van der Waals surface area contributed by atoms with Gasteiger partial charge in [0.1, 0.15) is 11.9 Å². The number of pyridine rings is 1. The minimum Gasteiger partial charge on any atom is -0.340 e. The van der Waals surface area contributed by atoms with Crippen LogP contribution >= 0.6 is 11.6 Å². The first-order valence-corrected chi connectivity index (χ1v) is 8.54. The monoisotopic (exact) mass is 379 g/mol. The highest BCUT2D eigenvalue weighted by atomic mass is 35.5. The van der Waals surface area contributed by atoms with Gasteiger partial charge in [0, 0.05) is 11.8 Å². The summed E-state index contributed by atoms with van der Waals surface area (Å²) in [6.07, 6.45) is 1.51. The summed E-state index contributed by atoms with van der Waals surface area (Å²) in [6.45, 7) is 1.97. The SMILES string of the molecule is Cc1ccc([C@H](NC(=O)c2ccc(C#N)c(F)c2)c2ccc(Cl)cn2)cc1. The fourth-order valence-electron chi connectivity index (χ4n) is 2.61. The second-order valence-corrected chi connectivity index (χ2v) is 6.46. The van der Waals surface area contributed by atoms with Crippen molar-refractivity contribution in [2.24, 2.45) is 0 Å². The van der Waals surface area contributed by atoms with E-state index in [4.69, 9.17) is 16.9 Å². The summed E-state index contributed by atoms with van der Waals surface area (Å²) < 4.78 is 13.9. The van der Waals surface area contributed by atoms with Gasteiger partial charge in [0.25, 0.3) is 5.91 Å². The van der Waals surface area contributed by atoms with Crippen LogP contribution in [0, 0.1) is 24.1 Å². The van der Waals surface area contributed by atoms with E-state index in [2.05, 4.69) is 10.3 Å². The maximum atomic E-state index is 13.9. The van der Waals surface area contributed by atoms with Gasteiger partial charge in [0.15, 0.2) is 0 Å². The molecule has 0 aliphatic heterocycles. The number of amides is 1.